The fourth-order valence-corrected chi connectivity index (χ4v) is 1.68. The van der Waals surface area contributed by atoms with Gasteiger partial charge in [-0.25, -0.2) is 4.79 Å². The summed E-state index contributed by atoms with van der Waals surface area (Å²) >= 11 is 0. The highest BCUT2D eigenvalue weighted by Gasteiger charge is 2.31. The van der Waals surface area contributed by atoms with E-state index in [0.717, 1.165) is 0 Å². The average molecular weight is 221 g/mol. The third kappa shape index (κ3) is 1.71. The van der Waals surface area contributed by atoms with Crippen molar-refractivity contribution in [3.63, 3.8) is 0 Å². The van der Waals surface area contributed by atoms with Gasteiger partial charge < -0.3 is 19.4 Å². The van der Waals surface area contributed by atoms with Gasteiger partial charge in [-0.05, 0) is 12.1 Å². The minimum Gasteiger partial charge on any atom is -0.550 e. The van der Waals surface area contributed by atoms with Gasteiger partial charge in [-0.2, -0.15) is 0 Å². The maximum absolute atomic E-state index is 11.4. The number of hydrogen-bond donors (Lipinski definition) is 0. The molecule has 1 heterocycles. The summed E-state index contributed by atoms with van der Waals surface area (Å²) < 4.78 is 9.89. The summed E-state index contributed by atoms with van der Waals surface area (Å²) in [5.41, 5.74) is 0.917. The third-order valence-corrected chi connectivity index (χ3v) is 2.43. The lowest BCUT2D eigenvalue weighted by atomic mass is 10.0. The molecule has 1 aliphatic heterocycles. The van der Waals surface area contributed by atoms with Gasteiger partial charge in [0.15, 0.2) is 0 Å². The molecular formula is C11H9O5-. The fourth-order valence-electron chi connectivity index (χ4n) is 1.68. The van der Waals surface area contributed by atoms with Gasteiger partial charge in [0.1, 0.15) is 11.9 Å². The Kier molecular flexibility index (Phi) is 2.52. The Balaban J connectivity index is 2.36. The van der Waals surface area contributed by atoms with Crippen molar-refractivity contribution >= 4 is 11.9 Å². The van der Waals surface area contributed by atoms with Crippen molar-refractivity contribution in [3.05, 3.63) is 29.3 Å². The summed E-state index contributed by atoms with van der Waals surface area (Å²) in [5, 5.41) is 10.5. The molecule has 5 nitrogen and oxygen atoms in total. The van der Waals surface area contributed by atoms with Gasteiger partial charge in [0, 0.05) is 18.0 Å². The zero-order chi connectivity index (χ0) is 11.7. The maximum atomic E-state index is 11.4. The van der Waals surface area contributed by atoms with Crippen LogP contribution in [0.25, 0.3) is 0 Å². The number of fused-ring (bicyclic) bond motifs is 1. The molecule has 2 rings (SSSR count). The van der Waals surface area contributed by atoms with Crippen molar-refractivity contribution in [1.29, 1.82) is 0 Å². The highest BCUT2D eigenvalue weighted by Crippen LogP contribution is 2.34. The molecule has 84 valence electrons. The molecule has 0 saturated heterocycles. The minimum absolute atomic E-state index is 0.328. The van der Waals surface area contributed by atoms with Crippen LogP contribution >= 0.6 is 0 Å². The van der Waals surface area contributed by atoms with Gasteiger partial charge >= 0.3 is 5.97 Å². The highest BCUT2D eigenvalue weighted by atomic mass is 16.5. The van der Waals surface area contributed by atoms with E-state index in [1.165, 1.54) is 13.2 Å². The number of ether oxygens (including phenoxy) is 2. The second kappa shape index (κ2) is 3.84. The molecule has 0 bridgehead atoms. The quantitative estimate of drug-likeness (QED) is 0.674. The van der Waals surface area contributed by atoms with Crippen molar-refractivity contribution in [3.8, 4) is 5.75 Å². The molecule has 0 unspecified atom stereocenters. The summed E-state index contributed by atoms with van der Waals surface area (Å²) in [6, 6.07) is 4.82. The van der Waals surface area contributed by atoms with Gasteiger partial charge in [-0.3, -0.25) is 0 Å². The number of hydrogen-bond acceptors (Lipinski definition) is 5. The second-order valence-corrected chi connectivity index (χ2v) is 3.42. The summed E-state index contributed by atoms with van der Waals surface area (Å²) in [6.07, 6.45) is -1.08. The van der Waals surface area contributed by atoms with Crippen molar-refractivity contribution in [2.45, 2.75) is 12.5 Å². The van der Waals surface area contributed by atoms with Crippen LogP contribution in [-0.2, 0) is 9.53 Å². The van der Waals surface area contributed by atoms with Crippen LogP contribution in [0.3, 0.4) is 0 Å². The number of carbonyl (C=O) groups is 2. The number of carboxylic acid groups (broad SMARTS) is 1. The van der Waals surface area contributed by atoms with E-state index in [4.69, 9.17) is 9.47 Å². The molecule has 0 fully saturated rings. The van der Waals surface area contributed by atoms with Gasteiger partial charge in [0.25, 0.3) is 0 Å². The average Bonchev–Trinajstić information content (AvgIpc) is 2.54. The topological polar surface area (TPSA) is 75.7 Å². The van der Waals surface area contributed by atoms with Crippen LogP contribution in [-0.4, -0.2) is 19.0 Å². The molecular weight excluding hydrogens is 212 g/mol. The molecule has 0 N–H and O–H groups in total. The first-order valence-corrected chi connectivity index (χ1v) is 4.70. The normalized spacial score (nSPS) is 17.8. The van der Waals surface area contributed by atoms with Crippen molar-refractivity contribution in [2.75, 3.05) is 7.11 Å². The molecule has 0 saturated carbocycles. The first-order valence-electron chi connectivity index (χ1n) is 4.70. The van der Waals surface area contributed by atoms with Crippen LogP contribution < -0.4 is 9.84 Å². The Bertz CT molecular complexity index is 452. The number of carboxylic acids is 1. The summed E-state index contributed by atoms with van der Waals surface area (Å²) in [7, 11) is 1.49. The third-order valence-electron chi connectivity index (χ3n) is 2.43. The Labute approximate surface area is 91.6 Å². The molecule has 16 heavy (non-hydrogen) atoms. The van der Waals surface area contributed by atoms with Gasteiger partial charge in [-0.15, -0.1) is 0 Å². The van der Waals surface area contributed by atoms with Crippen LogP contribution in [0.2, 0.25) is 0 Å². The number of aliphatic carboxylic acids is 1. The second-order valence-electron chi connectivity index (χ2n) is 3.42. The van der Waals surface area contributed by atoms with Gasteiger partial charge in [0.05, 0.1) is 12.7 Å². The number of benzene rings is 1. The SMILES string of the molecule is COc1ccc2c(c1)C(=O)O[C@@H]2CC(=O)[O-]. The summed E-state index contributed by atoms with van der Waals surface area (Å²) in [6.45, 7) is 0. The predicted molar refractivity (Wildman–Crippen MR) is 50.8 cm³/mol. The number of esters is 1. The van der Waals surface area contributed by atoms with Crippen LogP contribution in [0.5, 0.6) is 5.75 Å². The van der Waals surface area contributed by atoms with Gasteiger partial charge in [-0.1, -0.05) is 6.07 Å². The Morgan fingerprint density at radius 3 is 2.94 bits per heavy atom. The number of cyclic esters (lactones) is 1. The number of methoxy groups -OCH3 is 1. The highest BCUT2D eigenvalue weighted by molar-refractivity contribution is 5.95. The maximum Gasteiger partial charge on any atom is 0.339 e. The molecule has 0 radical (unpaired) electrons. The summed E-state index contributed by atoms with van der Waals surface area (Å²) in [5.74, 6) is -1.24. The van der Waals surface area contributed by atoms with E-state index < -0.39 is 18.0 Å². The zero-order valence-electron chi connectivity index (χ0n) is 8.56. The lowest BCUT2D eigenvalue weighted by Gasteiger charge is -2.10. The summed E-state index contributed by atoms with van der Waals surface area (Å²) in [4.78, 5) is 21.9. The number of carbonyl (C=O) groups excluding carboxylic acids is 2. The molecule has 0 aliphatic carbocycles. The molecule has 1 aromatic rings. The van der Waals surface area contributed by atoms with Crippen LogP contribution in [0.4, 0.5) is 0 Å². The van der Waals surface area contributed by atoms with E-state index >= 15 is 0 Å². The van der Waals surface area contributed by atoms with Crippen LogP contribution in [0.15, 0.2) is 18.2 Å². The van der Waals surface area contributed by atoms with E-state index in [2.05, 4.69) is 0 Å². The van der Waals surface area contributed by atoms with Crippen LogP contribution in [0.1, 0.15) is 28.4 Å². The molecule has 0 aromatic heterocycles. The fraction of sp³-hybridized carbons (Fsp3) is 0.273. The molecule has 5 heteroatoms. The predicted octanol–water partition coefficient (Wildman–Crippen LogP) is 0.0467. The van der Waals surface area contributed by atoms with Gasteiger partial charge in [0.2, 0.25) is 0 Å². The van der Waals surface area contributed by atoms with Crippen molar-refractivity contribution < 1.29 is 24.2 Å². The Morgan fingerprint density at radius 2 is 2.31 bits per heavy atom. The van der Waals surface area contributed by atoms with E-state index in [-0.39, 0.29) is 6.42 Å². The standard InChI is InChI=1S/C11H10O5/c1-15-6-2-3-7-8(4-6)11(14)16-9(7)5-10(12)13/h2-4,9H,5H2,1H3,(H,12,13)/p-1/t9-/m1/s1. The zero-order valence-corrected chi connectivity index (χ0v) is 8.56. The molecule has 0 amide bonds. The van der Waals surface area contributed by atoms with E-state index in [0.29, 0.717) is 16.9 Å². The molecule has 1 aromatic carbocycles. The lowest BCUT2D eigenvalue weighted by Crippen LogP contribution is -2.24. The van der Waals surface area contributed by atoms with E-state index in [9.17, 15) is 14.7 Å². The van der Waals surface area contributed by atoms with Crippen molar-refractivity contribution in [2.24, 2.45) is 0 Å². The first kappa shape index (κ1) is 10.5. The minimum atomic E-state index is -1.25. The lowest BCUT2D eigenvalue weighted by molar-refractivity contribution is -0.307. The van der Waals surface area contributed by atoms with E-state index in [1.807, 2.05) is 0 Å². The van der Waals surface area contributed by atoms with Crippen LogP contribution in [0, 0.1) is 0 Å². The smallest absolute Gasteiger partial charge is 0.339 e. The van der Waals surface area contributed by atoms with E-state index in [1.54, 1.807) is 12.1 Å². The largest absolute Gasteiger partial charge is 0.550 e. The molecule has 1 aliphatic rings. The molecule has 0 spiro atoms. The first-order chi connectivity index (χ1) is 7.61. The Morgan fingerprint density at radius 1 is 1.56 bits per heavy atom. The van der Waals surface area contributed by atoms with Crippen molar-refractivity contribution in [1.82, 2.24) is 0 Å². The monoisotopic (exact) mass is 221 g/mol. The molecule has 1 atom stereocenters. The Hall–Kier alpha value is -2.04. The number of rotatable bonds is 3.